The first-order valence-electron chi connectivity index (χ1n) is 6.52. The molecule has 0 spiro atoms. The van der Waals surface area contributed by atoms with E-state index in [1.807, 2.05) is 6.07 Å². The van der Waals surface area contributed by atoms with E-state index in [9.17, 15) is 0 Å². The molecule has 1 aromatic heterocycles. The molecule has 7 heteroatoms. The Bertz CT molecular complexity index is 596. The van der Waals surface area contributed by atoms with E-state index >= 15 is 0 Å². The predicted molar refractivity (Wildman–Crippen MR) is 76.2 cm³/mol. The lowest BCUT2D eigenvalue weighted by Crippen LogP contribution is -2.19. The SMILES string of the molecule is Clc1ccc(Cl)c(Cn2nnnc2C2CCOCC2)c1. The minimum absolute atomic E-state index is 0.344. The second-order valence-electron chi connectivity index (χ2n) is 4.82. The average Bonchev–Trinajstić information content (AvgIpc) is 2.92. The Morgan fingerprint density at radius 3 is 2.85 bits per heavy atom. The van der Waals surface area contributed by atoms with Gasteiger partial charge in [0.2, 0.25) is 0 Å². The van der Waals surface area contributed by atoms with Crippen LogP contribution in [0.1, 0.15) is 30.1 Å². The molecule has 0 radical (unpaired) electrons. The van der Waals surface area contributed by atoms with Gasteiger partial charge in [0.05, 0.1) is 6.54 Å². The smallest absolute Gasteiger partial charge is 0.154 e. The molecule has 1 aromatic carbocycles. The van der Waals surface area contributed by atoms with Gasteiger partial charge in [-0.25, -0.2) is 4.68 Å². The van der Waals surface area contributed by atoms with Crippen molar-refractivity contribution in [1.82, 2.24) is 20.2 Å². The van der Waals surface area contributed by atoms with Crippen LogP contribution in [-0.4, -0.2) is 33.4 Å². The molecule has 0 unspecified atom stereocenters. The van der Waals surface area contributed by atoms with Gasteiger partial charge in [0.25, 0.3) is 0 Å². The maximum absolute atomic E-state index is 6.19. The monoisotopic (exact) mass is 312 g/mol. The lowest BCUT2D eigenvalue weighted by molar-refractivity contribution is 0.0826. The van der Waals surface area contributed by atoms with Crippen molar-refractivity contribution in [3.63, 3.8) is 0 Å². The fourth-order valence-electron chi connectivity index (χ4n) is 2.40. The molecular weight excluding hydrogens is 299 g/mol. The molecule has 1 saturated heterocycles. The second-order valence-corrected chi connectivity index (χ2v) is 5.66. The van der Waals surface area contributed by atoms with E-state index in [0.717, 1.165) is 37.4 Å². The van der Waals surface area contributed by atoms with E-state index in [1.165, 1.54) is 0 Å². The summed E-state index contributed by atoms with van der Waals surface area (Å²) >= 11 is 12.2. The van der Waals surface area contributed by atoms with Crippen LogP contribution < -0.4 is 0 Å². The maximum Gasteiger partial charge on any atom is 0.154 e. The highest BCUT2D eigenvalue weighted by Gasteiger charge is 2.22. The third-order valence-corrected chi connectivity index (χ3v) is 4.08. The Morgan fingerprint density at radius 2 is 2.05 bits per heavy atom. The number of rotatable bonds is 3. The number of benzene rings is 1. The molecule has 20 heavy (non-hydrogen) atoms. The van der Waals surface area contributed by atoms with Crippen LogP contribution in [0.25, 0.3) is 0 Å². The quantitative estimate of drug-likeness (QED) is 0.874. The summed E-state index contributed by atoms with van der Waals surface area (Å²) in [5.74, 6) is 1.24. The summed E-state index contributed by atoms with van der Waals surface area (Å²) in [6, 6.07) is 5.41. The van der Waals surface area contributed by atoms with E-state index in [2.05, 4.69) is 15.5 Å². The molecule has 0 aliphatic carbocycles. The van der Waals surface area contributed by atoms with Gasteiger partial charge in [-0.15, -0.1) is 5.10 Å². The third kappa shape index (κ3) is 2.95. The summed E-state index contributed by atoms with van der Waals surface area (Å²) in [6.45, 7) is 2.05. The van der Waals surface area contributed by atoms with Gasteiger partial charge < -0.3 is 4.74 Å². The van der Waals surface area contributed by atoms with Crippen molar-refractivity contribution in [3.8, 4) is 0 Å². The number of nitrogens with zero attached hydrogens (tertiary/aromatic N) is 4. The Hall–Kier alpha value is -1.17. The molecule has 2 aromatic rings. The molecule has 0 bridgehead atoms. The van der Waals surface area contributed by atoms with Gasteiger partial charge >= 0.3 is 0 Å². The Balaban J connectivity index is 1.84. The maximum atomic E-state index is 6.19. The topological polar surface area (TPSA) is 52.8 Å². The third-order valence-electron chi connectivity index (χ3n) is 3.47. The van der Waals surface area contributed by atoms with Crippen molar-refractivity contribution < 1.29 is 4.74 Å². The number of hydrogen-bond acceptors (Lipinski definition) is 4. The summed E-state index contributed by atoms with van der Waals surface area (Å²) in [5, 5.41) is 13.3. The van der Waals surface area contributed by atoms with Crippen LogP contribution in [0.4, 0.5) is 0 Å². The zero-order chi connectivity index (χ0) is 13.9. The van der Waals surface area contributed by atoms with E-state index in [4.69, 9.17) is 27.9 Å². The van der Waals surface area contributed by atoms with Crippen LogP contribution in [0, 0.1) is 0 Å². The second kappa shape index (κ2) is 6.08. The van der Waals surface area contributed by atoms with Gasteiger partial charge in [-0.05, 0) is 47.0 Å². The zero-order valence-electron chi connectivity index (χ0n) is 10.8. The zero-order valence-corrected chi connectivity index (χ0v) is 12.3. The number of tetrazole rings is 1. The molecule has 0 N–H and O–H groups in total. The standard InChI is InChI=1S/C13H14Cl2N4O/c14-11-1-2-12(15)10(7-11)8-19-13(16-17-18-19)9-3-5-20-6-4-9/h1-2,7,9H,3-6,8H2. The van der Waals surface area contributed by atoms with Crippen LogP contribution >= 0.6 is 23.2 Å². The van der Waals surface area contributed by atoms with Crippen LogP contribution in [0.3, 0.4) is 0 Å². The van der Waals surface area contributed by atoms with E-state index in [1.54, 1.807) is 16.8 Å². The van der Waals surface area contributed by atoms with Crippen molar-refractivity contribution in [1.29, 1.82) is 0 Å². The van der Waals surface area contributed by atoms with E-state index in [0.29, 0.717) is 22.5 Å². The van der Waals surface area contributed by atoms with Gasteiger partial charge in [-0.1, -0.05) is 23.2 Å². The number of hydrogen-bond donors (Lipinski definition) is 0. The molecule has 1 aliphatic rings. The Kier molecular flexibility index (Phi) is 4.19. The van der Waals surface area contributed by atoms with Gasteiger partial charge in [-0.3, -0.25) is 0 Å². The van der Waals surface area contributed by atoms with Crippen LogP contribution in [-0.2, 0) is 11.3 Å². The molecule has 2 heterocycles. The van der Waals surface area contributed by atoms with Crippen molar-refractivity contribution in [2.45, 2.75) is 25.3 Å². The first kappa shape index (κ1) is 13.8. The summed E-state index contributed by atoms with van der Waals surface area (Å²) in [6.07, 6.45) is 1.90. The van der Waals surface area contributed by atoms with Gasteiger partial charge in [0, 0.05) is 29.2 Å². The largest absolute Gasteiger partial charge is 0.381 e. The molecular formula is C13H14Cl2N4O. The fourth-order valence-corrected chi connectivity index (χ4v) is 2.77. The highest BCUT2D eigenvalue weighted by molar-refractivity contribution is 6.33. The van der Waals surface area contributed by atoms with Crippen LogP contribution in [0.2, 0.25) is 10.0 Å². The molecule has 106 valence electrons. The van der Waals surface area contributed by atoms with Crippen molar-refractivity contribution in [2.75, 3.05) is 13.2 Å². The molecule has 3 rings (SSSR count). The van der Waals surface area contributed by atoms with Crippen molar-refractivity contribution in [3.05, 3.63) is 39.6 Å². The molecule has 0 atom stereocenters. The first-order chi connectivity index (χ1) is 9.74. The fraction of sp³-hybridized carbons (Fsp3) is 0.462. The Labute approximate surface area is 126 Å². The first-order valence-corrected chi connectivity index (χ1v) is 7.27. The molecule has 0 saturated carbocycles. The minimum atomic E-state index is 0.344. The highest BCUT2D eigenvalue weighted by atomic mass is 35.5. The minimum Gasteiger partial charge on any atom is -0.381 e. The lowest BCUT2D eigenvalue weighted by Gasteiger charge is -2.21. The average molecular weight is 313 g/mol. The van der Waals surface area contributed by atoms with Gasteiger partial charge in [-0.2, -0.15) is 0 Å². The molecule has 1 aliphatic heterocycles. The summed E-state index contributed by atoms with van der Waals surface area (Å²) in [5.41, 5.74) is 0.916. The van der Waals surface area contributed by atoms with Crippen LogP contribution in [0.5, 0.6) is 0 Å². The van der Waals surface area contributed by atoms with Gasteiger partial charge in [0.1, 0.15) is 0 Å². The molecule has 1 fully saturated rings. The number of aromatic nitrogens is 4. The lowest BCUT2D eigenvalue weighted by atomic mass is 9.99. The predicted octanol–water partition coefficient (Wildman–Crippen LogP) is 2.92. The highest BCUT2D eigenvalue weighted by Crippen LogP contribution is 2.26. The Morgan fingerprint density at radius 1 is 1.25 bits per heavy atom. The van der Waals surface area contributed by atoms with Gasteiger partial charge in [0.15, 0.2) is 5.82 Å². The van der Waals surface area contributed by atoms with Crippen molar-refractivity contribution >= 4 is 23.2 Å². The van der Waals surface area contributed by atoms with Crippen LogP contribution in [0.15, 0.2) is 18.2 Å². The van der Waals surface area contributed by atoms with E-state index in [-0.39, 0.29) is 0 Å². The molecule has 5 nitrogen and oxygen atoms in total. The van der Waals surface area contributed by atoms with Crippen molar-refractivity contribution in [2.24, 2.45) is 0 Å². The summed E-state index contributed by atoms with van der Waals surface area (Å²) in [4.78, 5) is 0. The summed E-state index contributed by atoms with van der Waals surface area (Å²) < 4.78 is 7.17. The number of ether oxygens (including phenoxy) is 1. The summed E-state index contributed by atoms with van der Waals surface area (Å²) in [7, 11) is 0. The van der Waals surface area contributed by atoms with E-state index < -0.39 is 0 Å². The number of halogens is 2. The molecule has 0 amide bonds. The normalized spacial score (nSPS) is 16.5.